The Morgan fingerprint density at radius 1 is 1.06 bits per heavy atom. The summed E-state index contributed by atoms with van der Waals surface area (Å²) >= 11 is 0. The van der Waals surface area contributed by atoms with Crippen molar-refractivity contribution < 1.29 is 13.2 Å². The highest BCUT2D eigenvalue weighted by atomic mass is 32.2. The van der Waals surface area contributed by atoms with E-state index in [9.17, 15) is 8.42 Å². The number of nitrogens with zero attached hydrogens (tertiary/aromatic N) is 6. The summed E-state index contributed by atoms with van der Waals surface area (Å²) < 4.78 is 32.3. The fraction of sp³-hybridized carbons (Fsp3) is 0.385. The van der Waals surface area contributed by atoms with Gasteiger partial charge >= 0.3 is 0 Å². The molecule has 3 aromatic heterocycles. The van der Waals surface area contributed by atoms with Crippen molar-refractivity contribution >= 4 is 26.7 Å². The molecule has 10 heteroatoms. The lowest BCUT2D eigenvalue weighted by atomic mass is 10.1. The number of rotatable bonds is 6. The molecule has 1 aliphatic rings. The van der Waals surface area contributed by atoms with Gasteiger partial charge in [-0.3, -0.25) is 0 Å². The second kappa shape index (κ2) is 9.50. The number of hydrogen-bond donors (Lipinski definition) is 0. The third kappa shape index (κ3) is 4.90. The molecular weight excluding hydrogens is 476 g/mol. The minimum Gasteiger partial charge on any atom is -0.474 e. The molecule has 0 N–H and O–H groups in total. The van der Waals surface area contributed by atoms with Gasteiger partial charge in [0.05, 0.1) is 10.4 Å². The van der Waals surface area contributed by atoms with Crippen molar-refractivity contribution in [1.29, 1.82) is 0 Å². The van der Waals surface area contributed by atoms with Crippen molar-refractivity contribution in [3.63, 3.8) is 0 Å². The summed E-state index contributed by atoms with van der Waals surface area (Å²) in [5.74, 6) is 2.59. The van der Waals surface area contributed by atoms with Gasteiger partial charge in [0.2, 0.25) is 11.8 Å². The second-order valence-corrected chi connectivity index (χ2v) is 11.3. The first-order valence-corrected chi connectivity index (χ1v) is 14.0. The molecule has 0 atom stereocenters. The van der Waals surface area contributed by atoms with E-state index >= 15 is 0 Å². The highest BCUT2D eigenvalue weighted by Crippen LogP contribution is 2.28. The third-order valence-corrected chi connectivity index (χ3v) is 7.67. The minimum atomic E-state index is -3.29. The van der Waals surface area contributed by atoms with Crippen molar-refractivity contribution in [1.82, 2.24) is 24.5 Å². The molecule has 5 rings (SSSR count). The van der Waals surface area contributed by atoms with Crippen LogP contribution in [0.3, 0.4) is 0 Å². The Kier molecular flexibility index (Phi) is 6.38. The maximum Gasteiger partial charge on any atom is 0.225 e. The minimum absolute atomic E-state index is 0.0405. The van der Waals surface area contributed by atoms with Crippen LogP contribution in [0.5, 0.6) is 5.88 Å². The lowest BCUT2D eigenvalue weighted by Gasteiger charge is -2.31. The van der Waals surface area contributed by atoms with E-state index in [1.165, 1.54) is 6.26 Å². The fourth-order valence-corrected chi connectivity index (χ4v) is 5.19. The Balaban J connectivity index is 1.34. The summed E-state index contributed by atoms with van der Waals surface area (Å²) in [7, 11) is -3.29. The maximum absolute atomic E-state index is 12.0. The van der Waals surface area contributed by atoms with Crippen LogP contribution in [0.1, 0.15) is 36.7 Å². The number of hydrogen-bond acceptors (Lipinski definition) is 8. The van der Waals surface area contributed by atoms with Crippen molar-refractivity contribution in [2.45, 2.75) is 51.0 Å². The average molecular weight is 507 g/mol. The van der Waals surface area contributed by atoms with Gasteiger partial charge < -0.3 is 14.2 Å². The topological polar surface area (TPSA) is 103 Å². The molecule has 0 amide bonds. The first-order chi connectivity index (χ1) is 17.2. The van der Waals surface area contributed by atoms with Gasteiger partial charge in [0.25, 0.3) is 0 Å². The van der Waals surface area contributed by atoms with E-state index < -0.39 is 9.84 Å². The quantitative estimate of drug-likeness (QED) is 0.389. The van der Waals surface area contributed by atoms with Crippen molar-refractivity contribution in [3.05, 3.63) is 59.8 Å². The predicted octanol–water partition coefficient (Wildman–Crippen LogP) is 3.84. The van der Waals surface area contributed by atoms with Crippen molar-refractivity contribution in [2.75, 3.05) is 24.2 Å². The Morgan fingerprint density at radius 2 is 1.78 bits per heavy atom. The van der Waals surface area contributed by atoms with Crippen LogP contribution in [0, 0.1) is 13.8 Å². The number of aromatic nitrogens is 5. The van der Waals surface area contributed by atoms with Gasteiger partial charge in [0.1, 0.15) is 17.7 Å². The molecule has 0 saturated carbocycles. The van der Waals surface area contributed by atoms with E-state index in [4.69, 9.17) is 4.74 Å². The number of sulfone groups is 1. The normalized spacial score (nSPS) is 14.9. The van der Waals surface area contributed by atoms with Crippen LogP contribution >= 0.6 is 0 Å². The summed E-state index contributed by atoms with van der Waals surface area (Å²) in [5, 5.41) is 0.873. The van der Waals surface area contributed by atoms with Gasteiger partial charge in [-0.05, 0) is 49.6 Å². The summed E-state index contributed by atoms with van der Waals surface area (Å²) in [6, 6.07) is 7.01. The van der Waals surface area contributed by atoms with E-state index in [0.717, 1.165) is 60.3 Å². The number of fused-ring (bicyclic) bond motifs is 1. The van der Waals surface area contributed by atoms with E-state index in [1.807, 2.05) is 49.1 Å². The fourth-order valence-electron chi connectivity index (χ4n) is 4.54. The number of anilines is 1. The summed E-state index contributed by atoms with van der Waals surface area (Å²) in [4.78, 5) is 20.6. The van der Waals surface area contributed by atoms with Gasteiger partial charge in [0.15, 0.2) is 9.84 Å². The van der Waals surface area contributed by atoms with Crippen LogP contribution in [0.25, 0.3) is 16.7 Å². The standard InChI is InChI=1S/C26H30N6O3S/c1-5-19-14-27-26(28-15-19)31-10-8-20(9-11-31)35-25-13-24(29-18(3)30-25)32-16-17(2)22-12-21(36(4,33)34)6-7-23(22)32/h6-7,12-16,20H,5,8-11H2,1-4H3. The SMILES string of the molecule is CCc1cnc(N2CCC(Oc3cc(-n4cc(C)c5cc(S(C)(=O)=O)ccc54)nc(C)n3)CC2)nc1. The molecule has 1 aliphatic heterocycles. The second-order valence-electron chi connectivity index (χ2n) is 9.29. The molecule has 4 heterocycles. The smallest absolute Gasteiger partial charge is 0.225 e. The Hall–Kier alpha value is -3.53. The summed E-state index contributed by atoms with van der Waals surface area (Å²) in [6.07, 6.45) is 9.63. The summed E-state index contributed by atoms with van der Waals surface area (Å²) in [5.41, 5.74) is 2.98. The van der Waals surface area contributed by atoms with Crippen LogP contribution in [0.15, 0.2) is 47.8 Å². The van der Waals surface area contributed by atoms with Gasteiger partial charge in [-0.1, -0.05) is 6.92 Å². The molecule has 9 nitrogen and oxygen atoms in total. The highest BCUT2D eigenvalue weighted by molar-refractivity contribution is 7.90. The van der Waals surface area contributed by atoms with Crippen LogP contribution in [-0.4, -0.2) is 58.4 Å². The molecule has 0 bridgehead atoms. The Labute approximate surface area is 211 Å². The molecular formula is C26H30N6O3S. The lowest BCUT2D eigenvalue weighted by molar-refractivity contribution is 0.163. The zero-order chi connectivity index (χ0) is 25.4. The van der Waals surface area contributed by atoms with Crippen LogP contribution in [-0.2, 0) is 16.3 Å². The van der Waals surface area contributed by atoms with Gasteiger partial charge in [0, 0.05) is 62.2 Å². The van der Waals surface area contributed by atoms with Gasteiger partial charge in [-0.15, -0.1) is 0 Å². The highest BCUT2D eigenvalue weighted by Gasteiger charge is 2.23. The summed E-state index contributed by atoms with van der Waals surface area (Å²) in [6.45, 7) is 7.53. The molecule has 36 heavy (non-hydrogen) atoms. The molecule has 1 aromatic carbocycles. The lowest BCUT2D eigenvalue weighted by Crippen LogP contribution is -2.39. The van der Waals surface area contributed by atoms with Crippen molar-refractivity contribution in [3.8, 4) is 11.7 Å². The van der Waals surface area contributed by atoms with Gasteiger partial charge in [-0.25, -0.2) is 23.4 Å². The number of ether oxygens (including phenoxy) is 1. The Morgan fingerprint density at radius 3 is 2.44 bits per heavy atom. The van der Waals surface area contributed by atoms with Crippen LogP contribution < -0.4 is 9.64 Å². The third-order valence-electron chi connectivity index (χ3n) is 6.56. The van der Waals surface area contributed by atoms with E-state index in [-0.39, 0.29) is 6.10 Å². The molecule has 1 fully saturated rings. The van der Waals surface area contributed by atoms with E-state index in [0.29, 0.717) is 22.4 Å². The molecule has 188 valence electrons. The first-order valence-electron chi connectivity index (χ1n) is 12.1. The Bertz CT molecular complexity index is 1510. The van der Waals surface area contributed by atoms with Crippen LogP contribution in [0.4, 0.5) is 5.95 Å². The van der Waals surface area contributed by atoms with E-state index in [1.54, 1.807) is 12.1 Å². The monoisotopic (exact) mass is 506 g/mol. The largest absolute Gasteiger partial charge is 0.474 e. The maximum atomic E-state index is 12.0. The van der Waals surface area contributed by atoms with Crippen molar-refractivity contribution in [2.24, 2.45) is 0 Å². The molecule has 0 unspecified atom stereocenters. The molecule has 1 saturated heterocycles. The molecule has 0 spiro atoms. The predicted molar refractivity (Wildman–Crippen MR) is 139 cm³/mol. The zero-order valence-corrected chi connectivity index (χ0v) is 21.8. The average Bonchev–Trinajstić information content (AvgIpc) is 3.20. The number of aryl methyl sites for hydroxylation is 3. The van der Waals surface area contributed by atoms with Gasteiger partial charge in [-0.2, -0.15) is 4.98 Å². The number of benzene rings is 1. The molecule has 4 aromatic rings. The molecule has 0 aliphatic carbocycles. The van der Waals surface area contributed by atoms with E-state index in [2.05, 4.69) is 31.8 Å². The first kappa shape index (κ1) is 24.2. The van der Waals surface area contributed by atoms with Crippen LogP contribution in [0.2, 0.25) is 0 Å². The zero-order valence-electron chi connectivity index (χ0n) is 21.0. The number of piperidine rings is 1. The molecule has 0 radical (unpaired) electrons.